The predicted octanol–water partition coefficient (Wildman–Crippen LogP) is 11.5. The molecule has 10 aromatic rings. The van der Waals surface area contributed by atoms with Gasteiger partial charge in [-0.05, 0) is 105 Å². The summed E-state index contributed by atoms with van der Waals surface area (Å²) in [6.07, 6.45) is 0. The van der Waals surface area contributed by atoms with E-state index in [0.717, 1.165) is 0 Å². The summed E-state index contributed by atoms with van der Waals surface area (Å²) in [5.41, 5.74) is 14.0. The molecule has 53 heavy (non-hydrogen) atoms. The van der Waals surface area contributed by atoms with Crippen LogP contribution in [0, 0.1) is 0 Å². The number of para-hydroxylation sites is 2. The minimum absolute atomic E-state index is 0.112. The second-order valence-corrected chi connectivity index (χ2v) is 16.2. The smallest absolute Gasteiger partial charge is 0.256 e. The van der Waals surface area contributed by atoms with Crippen LogP contribution in [0.2, 0.25) is 0 Å². The first-order valence-electron chi connectivity index (χ1n) is 18.1. The van der Waals surface area contributed by atoms with Crippen molar-refractivity contribution in [2.24, 2.45) is 7.05 Å². The zero-order valence-corrected chi connectivity index (χ0v) is 30.5. The van der Waals surface area contributed by atoms with Crippen LogP contribution in [0.4, 0.5) is 32.8 Å². The van der Waals surface area contributed by atoms with Gasteiger partial charge in [0.25, 0.3) is 6.71 Å². The Labute approximate surface area is 315 Å². The minimum Gasteiger partial charge on any atom is -0.344 e. The molecule has 0 aliphatic carbocycles. The molecule has 3 aromatic heterocycles. The lowest BCUT2D eigenvalue weighted by molar-refractivity contribution is 1.01. The highest BCUT2D eigenvalue weighted by Gasteiger charge is 2.46. The van der Waals surface area contributed by atoms with Crippen LogP contribution < -0.4 is 26.2 Å². The quantitative estimate of drug-likeness (QED) is 0.169. The average molecular weight is 712 g/mol. The van der Waals surface area contributed by atoms with E-state index in [2.05, 4.69) is 185 Å². The molecule has 0 unspecified atom stereocenters. The van der Waals surface area contributed by atoms with E-state index in [1.165, 1.54) is 102 Å². The topological polar surface area (TPSA) is 11.4 Å². The molecule has 2 aliphatic rings. The van der Waals surface area contributed by atoms with Crippen molar-refractivity contribution in [3.05, 3.63) is 164 Å². The van der Waals surface area contributed by atoms with E-state index in [1.54, 1.807) is 0 Å². The Balaban J connectivity index is 1.08. The summed E-state index contributed by atoms with van der Waals surface area (Å²) in [5, 5.41) is 7.90. The van der Waals surface area contributed by atoms with Gasteiger partial charge in [-0.15, -0.1) is 22.7 Å². The van der Waals surface area contributed by atoms with Gasteiger partial charge in [-0.1, -0.05) is 97.1 Å². The molecule has 0 spiro atoms. The zero-order chi connectivity index (χ0) is 34.8. The highest BCUT2D eigenvalue weighted by Crippen LogP contribution is 2.50. The molecular formula is C47H30BN3S2. The van der Waals surface area contributed by atoms with Crippen molar-refractivity contribution >= 4 is 121 Å². The maximum atomic E-state index is 2.54. The normalized spacial score (nSPS) is 13.3. The molecule has 0 N–H and O–H groups in total. The van der Waals surface area contributed by atoms with E-state index < -0.39 is 0 Å². The Bertz CT molecular complexity index is 3100. The van der Waals surface area contributed by atoms with Crippen LogP contribution in [0.3, 0.4) is 0 Å². The molecule has 248 valence electrons. The fourth-order valence-corrected chi connectivity index (χ4v) is 11.7. The first-order chi connectivity index (χ1) is 26.2. The molecule has 0 saturated carbocycles. The third-order valence-electron chi connectivity index (χ3n) is 11.4. The molecule has 6 heteroatoms. The van der Waals surface area contributed by atoms with Crippen LogP contribution in [-0.4, -0.2) is 11.3 Å². The largest absolute Gasteiger partial charge is 0.344 e. The van der Waals surface area contributed by atoms with Gasteiger partial charge < -0.3 is 14.4 Å². The standard InChI is InChI=1S/C47H30BN3S2/c1-49-37-17-8-5-14-33(37)36-28-30(24-27-38(36)49)29-22-25-32(26-23-29)51-40-19-11-18-39-45(40)48(44-35-16-7-10-21-42(35)53-47(44)51)43-34-15-6-9-20-41(34)52-46(43)50(39)31-12-3-2-4-13-31/h2-28H,1H3. The number of aromatic nitrogens is 1. The van der Waals surface area contributed by atoms with Crippen molar-refractivity contribution in [2.45, 2.75) is 0 Å². The number of hydrogen-bond acceptors (Lipinski definition) is 4. The van der Waals surface area contributed by atoms with E-state index in [0.29, 0.717) is 0 Å². The Morgan fingerprint density at radius 1 is 0.415 bits per heavy atom. The monoisotopic (exact) mass is 711 g/mol. The summed E-state index contributed by atoms with van der Waals surface area (Å²) >= 11 is 3.83. The van der Waals surface area contributed by atoms with Gasteiger partial charge in [-0.3, -0.25) is 0 Å². The third kappa shape index (κ3) is 4.05. The SMILES string of the molecule is Cn1c2ccccc2c2cc(-c3ccc(N4c5cccc6c5B(c5c(sc7ccccc57)N6c5ccccc5)c5c4sc4ccccc54)cc3)ccc21. The Morgan fingerprint density at radius 3 is 1.60 bits per heavy atom. The van der Waals surface area contributed by atoms with Gasteiger partial charge >= 0.3 is 0 Å². The number of aryl methyl sites for hydroxylation is 1. The van der Waals surface area contributed by atoms with Crippen LogP contribution in [0.25, 0.3) is 53.1 Å². The van der Waals surface area contributed by atoms with Crippen LogP contribution in [0.5, 0.6) is 0 Å². The number of rotatable bonds is 3. The first-order valence-corrected chi connectivity index (χ1v) is 19.7. The lowest BCUT2D eigenvalue weighted by atomic mass is 9.33. The molecule has 7 aromatic carbocycles. The Hall–Kier alpha value is -6.08. The number of hydrogen-bond donors (Lipinski definition) is 0. The fraction of sp³-hybridized carbons (Fsp3) is 0.0213. The molecular weight excluding hydrogens is 681 g/mol. The zero-order valence-electron chi connectivity index (χ0n) is 28.8. The molecule has 0 saturated heterocycles. The predicted molar refractivity (Wildman–Crippen MR) is 231 cm³/mol. The van der Waals surface area contributed by atoms with Crippen LogP contribution in [0.15, 0.2) is 164 Å². The number of fused-ring (bicyclic) bond motifs is 11. The highest BCUT2D eigenvalue weighted by molar-refractivity contribution is 7.29. The van der Waals surface area contributed by atoms with E-state index in [-0.39, 0.29) is 6.71 Å². The van der Waals surface area contributed by atoms with E-state index >= 15 is 0 Å². The minimum atomic E-state index is 0.112. The van der Waals surface area contributed by atoms with Gasteiger partial charge in [-0.25, -0.2) is 0 Å². The molecule has 12 rings (SSSR count). The molecule has 0 bridgehead atoms. The second-order valence-electron chi connectivity index (χ2n) is 14.1. The number of anilines is 6. The van der Waals surface area contributed by atoms with Crippen LogP contribution >= 0.6 is 22.7 Å². The molecule has 2 aliphatic heterocycles. The van der Waals surface area contributed by atoms with Crippen molar-refractivity contribution in [1.82, 2.24) is 4.57 Å². The Kier molecular flexibility index (Phi) is 6.10. The van der Waals surface area contributed by atoms with Crippen molar-refractivity contribution in [3.63, 3.8) is 0 Å². The molecule has 5 heterocycles. The fourth-order valence-electron chi connectivity index (χ4n) is 9.11. The first kappa shape index (κ1) is 29.5. The average Bonchev–Trinajstić information content (AvgIpc) is 3.88. The van der Waals surface area contributed by atoms with Crippen molar-refractivity contribution in [1.29, 1.82) is 0 Å². The molecule has 0 fully saturated rings. The lowest BCUT2D eigenvalue weighted by Gasteiger charge is -2.42. The summed E-state index contributed by atoms with van der Waals surface area (Å²) in [6, 6.07) is 60.6. The van der Waals surface area contributed by atoms with Crippen molar-refractivity contribution < 1.29 is 0 Å². The summed E-state index contributed by atoms with van der Waals surface area (Å²) in [6.45, 7) is 0.112. The van der Waals surface area contributed by atoms with E-state index in [9.17, 15) is 0 Å². The Morgan fingerprint density at radius 2 is 0.943 bits per heavy atom. The summed E-state index contributed by atoms with van der Waals surface area (Å²) in [4.78, 5) is 5.05. The second kappa shape index (κ2) is 11.0. The molecule has 0 amide bonds. The van der Waals surface area contributed by atoms with Gasteiger partial charge in [0.15, 0.2) is 0 Å². The number of benzene rings is 7. The van der Waals surface area contributed by atoms with Gasteiger partial charge in [0.1, 0.15) is 0 Å². The molecule has 0 radical (unpaired) electrons. The van der Waals surface area contributed by atoms with Gasteiger partial charge in [0, 0.05) is 61.0 Å². The molecule has 0 atom stereocenters. The molecule has 3 nitrogen and oxygen atoms in total. The van der Waals surface area contributed by atoms with E-state index in [4.69, 9.17) is 0 Å². The van der Waals surface area contributed by atoms with Crippen molar-refractivity contribution in [3.8, 4) is 11.1 Å². The number of thiophene rings is 2. The summed E-state index contributed by atoms with van der Waals surface area (Å²) in [7, 11) is 2.16. The summed E-state index contributed by atoms with van der Waals surface area (Å²) < 4.78 is 4.95. The van der Waals surface area contributed by atoms with Gasteiger partial charge in [0.05, 0.1) is 10.0 Å². The van der Waals surface area contributed by atoms with Crippen LogP contribution in [-0.2, 0) is 7.05 Å². The van der Waals surface area contributed by atoms with Crippen LogP contribution in [0.1, 0.15) is 0 Å². The van der Waals surface area contributed by atoms with Gasteiger partial charge in [0.2, 0.25) is 0 Å². The number of nitrogens with zero attached hydrogens (tertiary/aromatic N) is 3. The summed E-state index contributed by atoms with van der Waals surface area (Å²) in [5.74, 6) is 0. The van der Waals surface area contributed by atoms with Crippen molar-refractivity contribution in [2.75, 3.05) is 9.80 Å². The van der Waals surface area contributed by atoms with E-state index in [1.807, 2.05) is 22.7 Å². The maximum absolute atomic E-state index is 2.54. The van der Waals surface area contributed by atoms with Gasteiger partial charge in [-0.2, -0.15) is 0 Å². The third-order valence-corrected chi connectivity index (χ3v) is 13.8. The highest BCUT2D eigenvalue weighted by atomic mass is 32.1. The maximum Gasteiger partial charge on any atom is 0.256 e. The lowest BCUT2D eigenvalue weighted by Crippen LogP contribution is -2.60.